The number of hydrogen-bond donors (Lipinski definition) is 2. The van der Waals surface area contributed by atoms with E-state index in [-0.39, 0.29) is 12.0 Å². The van der Waals surface area contributed by atoms with Crippen LogP contribution in [-0.4, -0.2) is 24.0 Å². The van der Waals surface area contributed by atoms with Gasteiger partial charge in [-0.1, -0.05) is 54.1 Å². The Hall–Kier alpha value is -3.38. The summed E-state index contributed by atoms with van der Waals surface area (Å²) >= 11 is 5.91. The molecule has 0 spiro atoms. The molecule has 0 aliphatic heterocycles. The normalized spacial score (nSPS) is 11.5. The van der Waals surface area contributed by atoms with Crippen LogP contribution in [0, 0.1) is 0 Å². The number of hydrogen-bond acceptors (Lipinski definition) is 4. The van der Waals surface area contributed by atoms with Crippen molar-refractivity contribution >= 4 is 23.5 Å². The molecule has 0 radical (unpaired) electrons. The Kier molecular flexibility index (Phi) is 6.46. The van der Waals surface area contributed by atoms with Crippen molar-refractivity contribution in [2.45, 2.75) is 12.5 Å². The van der Waals surface area contributed by atoms with Crippen molar-refractivity contribution in [3.05, 3.63) is 93.2 Å². The molecule has 0 aliphatic carbocycles. The van der Waals surface area contributed by atoms with Gasteiger partial charge in [0.15, 0.2) is 0 Å². The number of carbonyl (C=O) groups is 2. The van der Waals surface area contributed by atoms with Crippen LogP contribution in [0.25, 0.3) is 11.3 Å². The van der Waals surface area contributed by atoms with Crippen LogP contribution >= 0.6 is 11.6 Å². The highest BCUT2D eigenvalue weighted by atomic mass is 35.5. The number of ether oxygens (including phenoxy) is 1. The van der Waals surface area contributed by atoms with Crippen molar-refractivity contribution in [1.29, 1.82) is 0 Å². The van der Waals surface area contributed by atoms with Crippen LogP contribution in [0.3, 0.4) is 0 Å². The smallest absolute Gasteiger partial charge is 0.307 e. The molecule has 148 valence electrons. The number of H-pyrrole nitrogens is 1. The number of halogens is 1. The maximum Gasteiger partial charge on any atom is 0.307 e. The van der Waals surface area contributed by atoms with Gasteiger partial charge in [-0.05, 0) is 35.4 Å². The number of methoxy groups -OCH3 is 1. The minimum atomic E-state index is -0.666. The van der Waals surface area contributed by atoms with Gasteiger partial charge in [-0.15, -0.1) is 0 Å². The minimum absolute atomic E-state index is 0.0477. The Balaban J connectivity index is 1.84. The van der Waals surface area contributed by atoms with Gasteiger partial charge in [0.1, 0.15) is 5.56 Å². The Labute approximate surface area is 172 Å². The largest absolute Gasteiger partial charge is 0.469 e. The van der Waals surface area contributed by atoms with E-state index in [9.17, 15) is 14.4 Å². The van der Waals surface area contributed by atoms with Gasteiger partial charge < -0.3 is 15.0 Å². The highest BCUT2D eigenvalue weighted by Gasteiger charge is 2.21. The van der Waals surface area contributed by atoms with Crippen LogP contribution in [0.15, 0.2) is 71.5 Å². The van der Waals surface area contributed by atoms with E-state index in [2.05, 4.69) is 10.3 Å². The molecule has 1 heterocycles. The molecule has 1 amide bonds. The molecular weight excluding hydrogens is 392 g/mol. The van der Waals surface area contributed by atoms with Crippen molar-refractivity contribution in [1.82, 2.24) is 10.3 Å². The maximum absolute atomic E-state index is 12.7. The predicted molar refractivity (Wildman–Crippen MR) is 111 cm³/mol. The fourth-order valence-corrected chi connectivity index (χ4v) is 3.00. The van der Waals surface area contributed by atoms with Crippen molar-refractivity contribution in [3.63, 3.8) is 0 Å². The first-order valence-corrected chi connectivity index (χ1v) is 9.27. The average molecular weight is 411 g/mol. The van der Waals surface area contributed by atoms with Gasteiger partial charge >= 0.3 is 5.97 Å². The van der Waals surface area contributed by atoms with E-state index in [4.69, 9.17) is 16.3 Å². The maximum atomic E-state index is 12.7. The van der Waals surface area contributed by atoms with Crippen molar-refractivity contribution in [3.8, 4) is 11.3 Å². The number of rotatable bonds is 6. The zero-order valence-electron chi connectivity index (χ0n) is 15.6. The second-order valence-corrected chi connectivity index (χ2v) is 6.78. The number of carbonyl (C=O) groups excluding carboxylic acids is 2. The first-order valence-electron chi connectivity index (χ1n) is 8.90. The second kappa shape index (κ2) is 9.21. The molecule has 0 fully saturated rings. The molecule has 1 unspecified atom stereocenters. The van der Waals surface area contributed by atoms with E-state index in [1.54, 1.807) is 30.3 Å². The van der Waals surface area contributed by atoms with E-state index in [1.165, 1.54) is 13.2 Å². The number of pyridine rings is 1. The van der Waals surface area contributed by atoms with Gasteiger partial charge in [-0.2, -0.15) is 0 Å². The number of esters is 1. The molecule has 0 bridgehead atoms. The van der Waals surface area contributed by atoms with Crippen molar-refractivity contribution < 1.29 is 14.3 Å². The lowest BCUT2D eigenvalue weighted by molar-refractivity contribution is -0.141. The first-order chi connectivity index (χ1) is 14.0. The molecule has 0 aliphatic rings. The molecule has 0 saturated heterocycles. The molecule has 7 heteroatoms. The molecule has 29 heavy (non-hydrogen) atoms. The van der Waals surface area contributed by atoms with Gasteiger partial charge in [0.2, 0.25) is 0 Å². The summed E-state index contributed by atoms with van der Waals surface area (Å²) < 4.78 is 4.72. The van der Waals surface area contributed by atoms with E-state index >= 15 is 0 Å². The molecule has 0 saturated carbocycles. The third-order valence-corrected chi connectivity index (χ3v) is 4.67. The van der Waals surface area contributed by atoms with Crippen molar-refractivity contribution in [2.24, 2.45) is 0 Å². The molecule has 2 N–H and O–H groups in total. The van der Waals surface area contributed by atoms with Crippen LogP contribution in [0.4, 0.5) is 0 Å². The summed E-state index contributed by atoms with van der Waals surface area (Å²) in [7, 11) is 1.27. The number of aromatic amines is 1. The summed E-state index contributed by atoms with van der Waals surface area (Å²) in [6.07, 6.45) is -0.0795. The third-order valence-electron chi connectivity index (χ3n) is 4.42. The molecule has 3 aromatic rings. The standard InChI is InChI=1S/C22H19ClN2O4/c1-29-20(26)13-19(15-7-9-16(23)10-8-15)25-22(28)17-11-12-18(24-21(17)27)14-5-3-2-4-6-14/h2-12,19H,13H2,1H3,(H,24,27)(H,25,28). The van der Waals surface area contributed by atoms with E-state index in [1.807, 2.05) is 30.3 Å². The lowest BCUT2D eigenvalue weighted by atomic mass is 10.0. The third kappa shape index (κ3) is 5.12. The summed E-state index contributed by atoms with van der Waals surface area (Å²) in [6.45, 7) is 0. The van der Waals surface area contributed by atoms with Gasteiger partial charge in [-0.3, -0.25) is 14.4 Å². The Morgan fingerprint density at radius 2 is 1.72 bits per heavy atom. The predicted octanol–water partition coefficient (Wildman–Crippen LogP) is 3.73. The van der Waals surface area contributed by atoms with Crippen LogP contribution in [-0.2, 0) is 9.53 Å². The lowest BCUT2D eigenvalue weighted by Gasteiger charge is -2.18. The summed E-state index contributed by atoms with van der Waals surface area (Å²) in [5.41, 5.74) is 1.55. The van der Waals surface area contributed by atoms with E-state index in [0.717, 1.165) is 5.56 Å². The Bertz CT molecular complexity index is 1060. The Morgan fingerprint density at radius 1 is 1.03 bits per heavy atom. The SMILES string of the molecule is COC(=O)CC(NC(=O)c1ccc(-c2ccccc2)[nH]c1=O)c1ccc(Cl)cc1. The summed E-state index contributed by atoms with van der Waals surface area (Å²) in [4.78, 5) is 39.7. The minimum Gasteiger partial charge on any atom is -0.469 e. The molecular formula is C22H19ClN2O4. The fourth-order valence-electron chi connectivity index (χ4n) is 2.87. The molecule has 6 nitrogen and oxygen atoms in total. The summed E-state index contributed by atoms with van der Waals surface area (Å²) in [6, 6.07) is 18.5. The molecule has 2 aromatic carbocycles. The number of aromatic nitrogens is 1. The lowest BCUT2D eigenvalue weighted by Crippen LogP contribution is -2.34. The monoisotopic (exact) mass is 410 g/mol. The van der Waals surface area contributed by atoms with E-state index in [0.29, 0.717) is 16.3 Å². The quantitative estimate of drug-likeness (QED) is 0.606. The number of amides is 1. The van der Waals surface area contributed by atoms with Crippen molar-refractivity contribution in [2.75, 3.05) is 7.11 Å². The van der Waals surface area contributed by atoms with Crippen LogP contribution in [0.2, 0.25) is 5.02 Å². The summed E-state index contributed by atoms with van der Waals surface area (Å²) in [5, 5.41) is 3.26. The van der Waals surface area contributed by atoms with Gasteiger partial charge in [0.05, 0.1) is 19.6 Å². The van der Waals surface area contributed by atoms with Gasteiger partial charge in [-0.25, -0.2) is 0 Å². The first kappa shape index (κ1) is 20.4. The fraction of sp³-hybridized carbons (Fsp3) is 0.136. The van der Waals surface area contributed by atoms with E-state index < -0.39 is 23.5 Å². The Morgan fingerprint density at radius 3 is 2.34 bits per heavy atom. The zero-order chi connectivity index (χ0) is 20.8. The van der Waals surface area contributed by atoms with Crippen LogP contribution in [0.5, 0.6) is 0 Å². The highest BCUT2D eigenvalue weighted by molar-refractivity contribution is 6.30. The van der Waals surface area contributed by atoms with Crippen LogP contribution in [0.1, 0.15) is 28.4 Å². The molecule has 3 rings (SSSR count). The highest BCUT2D eigenvalue weighted by Crippen LogP contribution is 2.21. The molecule has 1 aromatic heterocycles. The van der Waals surface area contributed by atoms with Gasteiger partial charge in [0, 0.05) is 10.7 Å². The second-order valence-electron chi connectivity index (χ2n) is 6.34. The van der Waals surface area contributed by atoms with Crippen LogP contribution < -0.4 is 10.9 Å². The average Bonchev–Trinajstić information content (AvgIpc) is 2.74. The number of nitrogens with one attached hydrogen (secondary N) is 2. The summed E-state index contributed by atoms with van der Waals surface area (Å²) in [5.74, 6) is -1.08. The number of benzene rings is 2. The zero-order valence-corrected chi connectivity index (χ0v) is 16.4. The topological polar surface area (TPSA) is 88.3 Å². The molecule has 1 atom stereocenters. The van der Waals surface area contributed by atoms with Gasteiger partial charge in [0.25, 0.3) is 11.5 Å².